The van der Waals surface area contributed by atoms with Crippen molar-refractivity contribution in [1.29, 1.82) is 0 Å². The Morgan fingerprint density at radius 2 is 1.95 bits per heavy atom. The molecule has 0 aliphatic heterocycles. The number of nitrogens with zero attached hydrogens (tertiary/aromatic N) is 3. The Hall–Kier alpha value is -2.93. The van der Waals surface area contributed by atoms with Gasteiger partial charge in [-0.25, -0.2) is 9.97 Å². The molecule has 0 aliphatic carbocycles. The van der Waals surface area contributed by atoms with Crippen molar-refractivity contribution in [3.63, 3.8) is 0 Å². The minimum absolute atomic E-state index is 0.0238. The Morgan fingerprint density at radius 3 is 2.73 bits per heavy atom. The zero-order valence-corrected chi connectivity index (χ0v) is 11.6. The minimum atomic E-state index is -0.704. The van der Waals surface area contributed by atoms with Gasteiger partial charge in [-0.3, -0.25) is 4.79 Å². The molecular formula is C15H14N4O3. The molecule has 0 saturated carbocycles. The fourth-order valence-corrected chi connectivity index (χ4v) is 2.23. The molecule has 0 spiro atoms. The molecule has 0 amide bonds. The van der Waals surface area contributed by atoms with Gasteiger partial charge in [0.1, 0.15) is 12.1 Å². The van der Waals surface area contributed by atoms with Gasteiger partial charge in [-0.2, -0.15) is 0 Å². The van der Waals surface area contributed by atoms with E-state index in [1.54, 1.807) is 0 Å². The van der Waals surface area contributed by atoms with E-state index in [2.05, 4.69) is 15.3 Å². The zero-order valence-electron chi connectivity index (χ0n) is 11.6. The van der Waals surface area contributed by atoms with E-state index in [0.29, 0.717) is 11.3 Å². The van der Waals surface area contributed by atoms with E-state index >= 15 is 0 Å². The van der Waals surface area contributed by atoms with Gasteiger partial charge < -0.3 is 15.6 Å². The summed E-state index contributed by atoms with van der Waals surface area (Å²) in [5.41, 5.74) is 0.393. The van der Waals surface area contributed by atoms with Crippen molar-refractivity contribution < 1.29 is 10.3 Å². The van der Waals surface area contributed by atoms with Crippen LogP contribution < -0.4 is 10.9 Å². The smallest absolute Gasteiger partial charge is 0.293 e. The van der Waals surface area contributed by atoms with E-state index in [0.717, 1.165) is 5.56 Å². The van der Waals surface area contributed by atoms with Crippen molar-refractivity contribution in [3.05, 3.63) is 64.3 Å². The summed E-state index contributed by atoms with van der Waals surface area (Å²) in [6.07, 6.45) is 2.55. The molecule has 0 fully saturated rings. The van der Waals surface area contributed by atoms with Crippen LogP contribution in [0.15, 0.2) is 47.7 Å². The number of benzene rings is 1. The summed E-state index contributed by atoms with van der Waals surface area (Å²) < 4.78 is 0.427. The highest BCUT2D eigenvalue weighted by Gasteiger charge is 2.16. The van der Waals surface area contributed by atoms with Crippen LogP contribution in [0.4, 0.5) is 0 Å². The summed E-state index contributed by atoms with van der Waals surface area (Å²) in [5.74, 6) is -0.216. The van der Waals surface area contributed by atoms with Gasteiger partial charge in [0.15, 0.2) is 5.65 Å². The van der Waals surface area contributed by atoms with E-state index in [4.69, 9.17) is 0 Å². The molecule has 0 aliphatic rings. The topological polar surface area (TPSA) is 100 Å². The Kier molecular flexibility index (Phi) is 3.71. The SMILES string of the molecule is O=c1c(CNCc2ccccc2)c(O)c2cncnc2n1O. The Morgan fingerprint density at radius 1 is 1.18 bits per heavy atom. The first kappa shape index (κ1) is 14.0. The van der Waals surface area contributed by atoms with Crippen molar-refractivity contribution in [2.45, 2.75) is 13.1 Å². The number of pyridine rings is 1. The molecule has 2 aromatic heterocycles. The van der Waals surface area contributed by atoms with Crippen molar-refractivity contribution in [3.8, 4) is 5.75 Å². The van der Waals surface area contributed by atoms with Gasteiger partial charge in [-0.05, 0) is 5.56 Å². The van der Waals surface area contributed by atoms with Crippen molar-refractivity contribution in [2.24, 2.45) is 0 Å². The monoisotopic (exact) mass is 298 g/mol. The van der Waals surface area contributed by atoms with Crippen LogP contribution in [0.25, 0.3) is 11.0 Å². The molecule has 112 valence electrons. The first-order chi connectivity index (χ1) is 10.7. The number of fused-ring (bicyclic) bond motifs is 1. The molecule has 2 heterocycles. The lowest BCUT2D eigenvalue weighted by atomic mass is 10.2. The Balaban J connectivity index is 1.89. The normalized spacial score (nSPS) is 10.9. The van der Waals surface area contributed by atoms with Gasteiger partial charge in [-0.1, -0.05) is 30.3 Å². The molecule has 3 aromatic rings. The van der Waals surface area contributed by atoms with Gasteiger partial charge in [-0.15, -0.1) is 4.73 Å². The summed E-state index contributed by atoms with van der Waals surface area (Å²) in [6, 6.07) is 9.66. The number of aromatic hydroxyl groups is 1. The van der Waals surface area contributed by atoms with Crippen molar-refractivity contribution in [1.82, 2.24) is 20.0 Å². The molecule has 0 atom stereocenters. The summed E-state index contributed by atoms with van der Waals surface area (Å²) >= 11 is 0. The molecule has 0 saturated heterocycles. The number of aromatic nitrogens is 3. The summed E-state index contributed by atoms with van der Waals surface area (Å²) in [4.78, 5) is 19.7. The van der Waals surface area contributed by atoms with E-state index < -0.39 is 5.56 Å². The highest BCUT2D eigenvalue weighted by atomic mass is 16.5. The number of nitrogens with one attached hydrogen (secondary N) is 1. The first-order valence-electron chi connectivity index (χ1n) is 6.69. The van der Waals surface area contributed by atoms with Gasteiger partial charge in [0.2, 0.25) is 0 Å². The van der Waals surface area contributed by atoms with Gasteiger partial charge in [0.25, 0.3) is 5.56 Å². The first-order valence-corrected chi connectivity index (χ1v) is 6.69. The molecule has 7 heteroatoms. The van der Waals surface area contributed by atoms with Crippen LogP contribution in [0.2, 0.25) is 0 Å². The largest absolute Gasteiger partial charge is 0.507 e. The molecule has 1 aromatic carbocycles. The summed E-state index contributed by atoms with van der Waals surface area (Å²) in [7, 11) is 0. The van der Waals surface area contributed by atoms with Crippen LogP contribution in [0.5, 0.6) is 5.75 Å². The molecule has 3 N–H and O–H groups in total. The van der Waals surface area contributed by atoms with Crippen LogP contribution >= 0.6 is 0 Å². The minimum Gasteiger partial charge on any atom is -0.507 e. The number of hydrogen-bond acceptors (Lipinski definition) is 6. The fourth-order valence-electron chi connectivity index (χ4n) is 2.23. The predicted octanol–water partition coefficient (Wildman–Crippen LogP) is 1.02. The molecule has 22 heavy (non-hydrogen) atoms. The maximum atomic E-state index is 12.1. The summed E-state index contributed by atoms with van der Waals surface area (Å²) in [6.45, 7) is 0.652. The molecule has 0 radical (unpaired) electrons. The molecule has 7 nitrogen and oxygen atoms in total. The van der Waals surface area contributed by atoms with E-state index in [9.17, 15) is 15.1 Å². The number of rotatable bonds is 4. The molecule has 0 unspecified atom stereocenters. The highest BCUT2D eigenvalue weighted by Crippen LogP contribution is 2.23. The van der Waals surface area contributed by atoms with E-state index in [1.165, 1.54) is 12.5 Å². The summed E-state index contributed by atoms with van der Waals surface area (Å²) in [5, 5.41) is 23.4. The van der Waals surface area contributed by atoms with Gasteiger partial charge >= 0.3 is 0 Å². The third-order valence-corrected chi connectivity index (χ3v) is 3.36. The second kappa shape index (κ2) is 5.82. The predicted molar refractivity (Wildman–Crippen MR) is 79.6 cm³/mol. The van der Waals surface area contributed by atoms with Crippen LogP contribution in [-0.4, -0.2) is 25.0 Å². The van der Waals surface area contributed by atoms with Gasteiger partial charge in [0, 0.05) is 19.3 Å². The average molecular weight is 298 g/mol. The zero-order chi connectivity index (χ0) is 15.5. The molecular weight excluding hydrogens is 284 g/mol. The van der Waals surface area contributed by atoms with E-state index in [-0.39, 0.29) is 28.9 Å². The molecule has 0 bridgehead atoms. The van der Waals surface area contributed by atoms with E-state index in [1.807, 2.05) is 30.3 Å². The third kappa shape index (κ3) is 2.49. The maximum absolute atomic E-state index is 12.1. The van der Waals surface area contributed by atoms with Crippen LogP contribution in [0.3, 0.4) is 0 Å². The third-order valence-electron chi connectivity index (χ3n) is 3.36. The van der Waals surface area contributed by atoms with Crippen molar-refractivity contribution >= 4 is 11.0 Å². The van der Waals surface area contributed by atoms with Crippen molar-refractivity contribution in [2.75, 3.05) is 0 Å². The average Bonchev–Trinajstić information content (AvgIpc) is 2.57. The molecule has 3 rings (SSSR count). The maximum Gasteiger partial charge on any atom is 0.293 e. The van der Waals surface area contributed by atoms with Crippen LogP contribution in [0, 0.1) is 0 Å². The van der Waals surface area contributed by atoms with Crippen LogP contribution in [-0.2, 0) is 13.1 Å². The van der Waals surface area contributed by atoms with Crippen LogP contribution in [0.1, 0.15) is 11.1 Å². The lowest BCUT2D eigenvalue weighted by molar-refractivity contribution is 0.184. The Labute approximate surface area is 125 Å². The quantitative estimate of drug-likeness (QED) is 0.622. The second-order valence-corrected chi connectivity index (χ2v) is 4.79. The second-order valence-electron chi connectivity index (χ2n) is 4.79. The standard InChI is InChI=1S/C15H14N4O3/c20-13-11-7-17-9-18-14(11)19(22)15(21)12(13)8-16-6-10-4-2-1-3-5-10/h1-5,7,9,16,20,22H,6,8H2. The lowest BCUT2D eigenvalue weighted by Gasteiger charge is -2.10. The van der Waals surface area contributed by atoms with Gasteiger partial charge in [0.05, 0.1) is 10.9 Å². The lowest BCUT2D eigenvalue weighted by Crippen LogP contribution is -2.27. The fraction of sp³-hybridized carbons (Fsp3) is 0.133. The highest BCUT2D eigenvalue weighted by molar-refractivity contribution is 5.81. The Bertz CT molecular complexity index is 862. The number of hydrogen-bond donors (Lipinski definition) is 3.